The predicted molar refractivity (Wildman–Crippen MR) is 74.2 cm³/mol. The lowest BCUT2D eigenvalue weighted by Gasteiger charge is -2.22. The lowest BCUT2D eigenvalue weighted by Crippen LogP contribution is -2.33. The lowest BCUT2D eigenvalue weighted by atomic mass is 10.2. The Labute approximate surface area is 113 Å². The summed E-state index contributed by atoms with van der Waals surface area (Å²) in [5.74, 6) is -0.366. The minimum absolute atomic E-state index is 0.0908. The van der Waals surface area contributed by atoms with Gasteiger partial charge in [-0.3, -0.25) is 4.79 Å². The quantitative estimate of drug-likeness (QED) is 0.828. The number of primary sulfonamides is 1. The second-order valence-electron chi connectivity index (χ2n) is 4.32. The monoisotopic (exact) mass is 282 g/mol. The van der Waals surface area contributed by atoms with Crippen LogP contribution in [0.25, 0.3) is 0 Å². The highest BCUT2D eigenvalue weighted by Gasteiger charge is 2.22. The maximum atomic E-state index is 12.3. The van der Waals surface area contributed by atoms with Crippen molar-refractivity contribution >= 4 is 15.9 Å². The Morgan fingerprint density at radius 3 is 2.42 bits per heavy atom. The number of hydrogen-bond acceptors (Lipinski definition) is 3. The van der Waals surface area contributed by atoms with Crippen molar-refractivity contribution < 1.29 is 13.2 Å². The van der Waals surface area contributed by atoms with Crippen LogP contribution < -0.4 is 5.14 Å². The van der Waals surface area contributed by atoms with Gasteiger partial charge in [-0.1, -0.05) is 24.3 Å². The van der Waals surface area contributed by atoms with Gasteiger partial charge < -0.3 is 4.90 Å². The molecule has 1 aromatic rings. The van der Waals surface area contributed by atoms with Crippen LogP contribution in [0.4, 0.5) is 0 Å². The van der Waals surface area contributed by atoms with Gasteiger partial charge in [0.15, 0.2) is 0 Å². The number of sulfonamides is 1. The van der Waals surface area contributed by atoms with Gasteiger partial charge in [0.2, 0.25) is 10.0 Å². The number of likely N-dealkylation sites (N-methyl/N-ethyl adjacent to an activating group) is 1. The maximum Gasteiger partial charge on any atom is 0.255 e. The van der Waals surface area contributed by atoms with Gasteiger partial charge in [0.05, 0.1) is 10.5 Å². The Balaban J connectivity index is 3.23. The van der Waals surface area contributed by atoms with Crippen LogP contribution in [0.3, 0.4) is 0 Å². The first-order valence-electron chi connectivity index (χ1n) is 5.82. The van der Waals surface area contributed by atoms with Gasteiger partial charge in [0.25, 0.3) is 5.91 Å². The number of rotatable bonds is 5. The van der Waals surface area contributed by atoms with Crippen molar-refractivity contribution in [2.24, 2.45) is 5.14 Å². The first-order chi connectivity index (χ1) is 8.77. The molecule has 0 saturated heterocycles. The van der Waals surface area contributed by atoms with Crippen LogP contribution >= 0.6 is 0 Å². The molecule has 0 atom stereocenters. The number of benzene rings is 1. The summed E-state index contributed by atoms with van der Waals surface area (Å²) in [6.45, 7) is 8.23. The maximum absolute atomic E-state index is 12.3. The highest BCUT2D eigenvalue weighted by atomic mass is 32.2. The van der Waals surface area contributed by atoms with Gasteiger partial charge in [0, 0.05) is 13.1 Å². The van der Waals surface area contributed by atoms with Crippen molar-refractivity contribution in [2.75, 3.05) is 13.1 Å². The highest BCUT2D eigenvalue weighted by Crippen LogP contribution is 2.16. The van der Waals surface area contributed by atoms with Crippen LogP contribution in [0, 0.1) is 0 Å². The van der Waals surface area contributed by atoms with E-state index in [1.807, 2.05) is 13.8 Å². The third-order valence-corrected chi connectivity index (χ3v) is 3.52. The number of nitrogens with two attached hydrogens (primary N) is 1. The highest BCUT2D eigenvalue weighted by molar-refractivity contribution is 7.89. The van der Waals surface area contributed by atoms with Gasteiger partial charge >= 0.3 is 0 Å². The fourth-order valence-electron chi connectivity index (χ4n) is 1.71. The third kappa shape index (κ3) is 3.90. The molecule has 1 rings (SSSR count). The number of amides is 1. The summed E-state index contributed by atoms with van der Waals surface area (Å²) in [5, 5.41) is 5.12. The van der Waals surface area contributed by atoms with Gasteiger partial charge in [-0.25, -0.2) is 13.6 Å². The van der Waals surface area contributed by atoms with E-state index in [-0.39, 0.29) is 16.4 Å². The minimum atomic E-state index is -3.92. The molecule has 104 valence electrons. The molecule has 0 heterocycles. The molecule has 0 aromatic heterocycles. The molecular weight excluding hydrogens is 264 g/mol. The van der Waals surface area contributed by atoms with Gasteiger partial charge in [-0.15, -0.1) is 0 Å². The van der Waals surface area contributed by atoms with Crippen molar-refractivity contribution in [3.05, 3.63) is 42.0 Å². The van der Waals surface area contributed by atoms with Crippen LogP contribution in [0.1, 0.15) is 24.2 Å². The standard InChI is InChI=1S/C13H18N2O3S/c1-4-15(9-10(2)3)13(16)11-7-5-6-8-12(11)19(14,17)18/h5-8H,2,4,9H2,1,3H3,(H2,14,17,18). The average Bonchev–Trinajstić information content (AvgIpc) is 2.34. The molecule has 0 aliphatic heterocycles. The van der Waals surface area contributed by atoms with Crippen molar-refractivity contribution in [1.82, 2.24) is 4.90 Å². The lowest BCUT2D eigenvalue weighted by molar-refractivity contribution is 0.0774. The van der Waals surface area contributed by atoms with E-state index in [4.69, 9.17) is 5.14 Å². The molecular formula is C13H18N2O3S. The molecule has 0 aliphatic rings. The molecule has 0 bridgehead atoms. The zero-order chi connectivity index (χ0) is 14.6. The van der Waals surface area contributed by atoms with Crippen LogP contribution in [-0.2, 0) is 10.0 Å². The van der Waals surface area contributed by atoms with Gasteiger partial charge in [0.1, 0.15) is 0 Å². The summed E-state index contributed by atoms with van der Waals surface area (Å²) in [5.41, 5.74) is 0.913. The predicted octanol–water partition coefficient (Wildman–Crippen LogP) is 1.37. The minimum Gasteiger partial charge on any atom is -0.335 e. The van der Waals surface area contributed by atoms with Crippen molar-refractivity contribution in [3.63, 3.8) is 0 Å². The Hall–Kier alpha value is -1.66. The molecule has 19 heavy (non-hydrogen) atoms. The SMILES string of the molecule is C=C(C)CN(CC)C(=O)c1ccccc1S(N)(=O)=O. The number of carbonyl (C=O) groups is 1. The van der Waals surface area contributed by atoms with E-state index in [2.05, 4.69) is 6.58 Å². The second-order valence-corrected chi connectivity index (χ2v) is 5.85. The number of hydrogen-bond donors (Lipinski definition) is 1. The first-order valence-corrected chi connectivity index (χ1v) is 7.37. The van der Waals surface area contributed by atoms with E-state index in [1.165, 1.54) is 23.1 Å². The summed E-state index contributed by atoms with van der Waals surface area (Å²) >= 11 is 0. The number of carbonyl (C=O) groups excluding carboxylic acids is 1. The molecule has 0 unspecified atom stereocenters. The summed E-state index contributed by atoms with van der Waals surface area (Å²) < 4.78 is 23.0. The summed E-state index contributed by atoms with van der Waals surface area (Å²) in [6.07, 6.45) is 0. The van der Waals surface area contributed by atoms with E-state index >= 15 is 0 Å². The second kappa shape index (κ2) is 5.99. The Morgan fingerprint density at radius 1 is 1.37 bits per heavy atom. The van der Waals surface area contributed by atoms with E-state index < -0.39 is 10.0 Å². The molecule has 5 nitrogen and oxygen atoms in total. The smallest absolute Gasteiger partial charge is 0.255 e. The molecule has 0 spiro atoms. The molecule has 2 N–H and O–H groups in total. The van der Waals surface area contributed by atoms with Crippen LogP contribution in [0.5, 0.6) is 0 Å². The third-order valence-electron chi connectivity index (χ3n) is 2.55. The summed E-state index contributed by atoms with van der Waals surface area (Å²) in [4.78, 5) is 13.7. The molecule has 0 radical (unpaired) electrons. The van der Waals surface area contributed by atoms with Crippen LogP contribution in [0.2, 0.25) is 0 Å². The number of nitrogens with zero attached hydrogens (tertiary/aromatic N) is 1. The van der Waals surface area contributed by atoms with E-state index in [0.717, 1.165) is 5.57 Å². The summed E-state index contributed by atoms with van der Waals surface area (Å²) in [6, 6.07) is 5.93. The molecule has 0 fully saturated rings. The Kier molecular flexibility index (Phi) is 4.85. The van der Waals surface area contributed by atoms with Crippen molar-refractivity contribution in [2.45, 2.75) is 18.7 Å². The Bertz CT molecular complexity index is 594. The Morgan fingerprint density at radius 2 is 1.95 bits per heavy atom. The average molecular weight is 282 g/mol. The molecule has 6 heteroatoms. The zero-order valence-electron chi connectivity index (χ0n) is 11.1. The van der Waals surface area contributed by atoms with E-state index in [0.29, 0.717) is 13.1 Å². The first kappa shape index (κ1) is 15.4. The van der Waals surface area contributed by atoms with Crippen molar-refractivity contribution in [3.8, 4) is 0 Å². The molecule has 1 aromatic carbocycles. The fraction of sp³-hybridized carbons (Fsp3) is 0.308. The normalized spacial score (nSPS) is 11.1. The largest absolute Gasteiger partial charge is 0.335 e. The summed E-state index contributed by atoms with van der Waals surface area (Å²) in [7, 11) is -3.92. The zero-order valence-corrected chi connectivity index (χ0v) is 11.9. The van der Waals surface area contributed by atoms with Crippen molar-refractivity contribution in [1.29, 1.82) is 0 Å². The van der Waals surface area contributed by atoms with Gasteiger partial charge in [-0.05, 0) is 26.0 Å². The van der Waals surface area contributed by atoms with Gasteiger partial charge in [-0.2, -0.15) is 0 Å². The van der Waals surface area contributed by atoms with E-state index in [9.17, 15) is 13.2 Å². The fourth-order valence-corrected chi connectivity index (χ4v) is 2.44. The molecule has 0 aliphatic carbocycles. The molecule has 1 amide bonds. The van der Waals surface area contributed by atoms with E-state index in [1.54, 1.807) is 6.07 Å². The topological polar surface area (TPSA) is 80.5 Å². The van der Waals surface area contributed by atoms with Crippen LogP contribution in [-0.4, -0.2) is 32.3 Å². The van der Waals surface area contributed by atoms with Crippen LogP contribution in [0.15, 0.2) is 41.3 Å². The molecule has 0 saturated carbocycles.